The Labute approximate surface area is 103 Å². The van der Waals surface area contributed by atoms with E-state index in [-0.39, 0.29) is 16.9 Å². The van der Waals surface area contributed by atoms with Gasteiger partial charge < -0.3 is 4.90 Å². The Kier molecular flexibility index (Phi) is 3.73. The van der Waals surface area contributed by atoms with E-state index in [1.807, 2.05) is 4.90 Å². The molecule has 0 spiro atoms. The number of sulfone groups is 1. The molecule has 2 heterocycles. The van der Waals surface area contributed by atoms with E-state index in [0.29, 0.717) is 19.5 Å². The summed E-state index contributed by atoms with van der Waals surface area (Å²) in [5.74, 6) is 0.491. The van der Waals surface area contributed by atoms with E-state index in [2.05, 4.69) is 4.90 Å². The molecule has 0 radical (unpaired) electrons. The molecule has 2 rings (SSSR count). The maximum atomic E-state index is 11.5. The molecule has 1 atom stereocenters. The maximum absolute atomic E-state index is 11.5. The van der Waals surface area contributed by atoms with Crippen LogP contribution in [0.2, 0.25) is 0 Å². The van der Waals surface area contributed by atoms with E-state index < -0.39 is 9.84 Å². The highest BCUT2D eigenvalue weighted by atomic mass is 32.2. The first kappa shape index (κ1) is 12.8. The fourth-order valence-electron chi connectivity index (χ4n) is 2.43. The van der Waals surface area contributed by atoms with Crippen LogP contribution in [0.15, 0.2) is 0 Å². The summed E-state index contributed by atoms with van der Waals surface area (Å²) in [4.78, 5) is 15.5. The molecule has 0 aliphatic carbocycles. The van der Waals surface area contributed by atoms with Crippen LogP contribution < -0.4 is 0 Å². The number of amides is 1. The molecule has 0 aromatic heterocycles. The molecule has 0 N–H and O–H groups in total. The number of carbonyl (C=O) groups is 1. The third kappa shape index (κ3) is 2.98. The molecule has 2 aliphatic rings. The van der Waals surface area contributed by atoms with Gasteiger partial charge in [-0.1, -0.05) is 0 Å². The molecule has 2 saturated heterocycles. The van der Waals surface area contributed by atoms with Crippen molar-refractivity contribution in [2.75, 3.05) is 38.5 Å². The summed E-state index contributed by atoms with van der Waals surface area (Å²) < 4.78 is 23.1. The van der Waals surface area contributed by atoms with Gasteiger partial charge in [-0.25, -0.2) is 8.42 Å². The van der Waals surface area contributed by atoms with Gasteiger partial charge in [-0.05, 0) is 13.3 Å². The van der Waals surface area contributed by atoms with Crippen LogP contribution in [0, 0.1) is 0 Å². The minimum absolute atomic E-state index is 0.239. The van der Waals surface area contributed by atoms with Crippen LogP contribution in [0.1, 0.15) is 19.8 Å². The van der Waals surface area contributed by atoms with Crippen LogP contribution in [-0.2, 0) is 14.6 Å². The molecule has 17 heavy (non-hydrogen) atoms. The monoisotopic (exact) mass is 260 g/mol. The van der Waals surface area contributed by atoms with Crippen LogP contribution in [0.25, 0.3) is 0 Å². The quantitative estimate of drug-likeness (QED) is 0.701. The van der Waals surface area contributed by atoms with Gasteiger partial charge in [0.2, 0.25) is 5.91 Å². The Morgan fingerprint density at radius 1 is 1.29 bits per heavy atom. The Hall–Kier alpha value is -0.620. The SMILES string of the molecule is CC1CN(CCN2CCCC2=O)CCS1(=O)=O. The molecule has 5 nitrogen and oxygen atoms in total. The summed E-state index contributed by atoms with van der Waals surface area (Å²) in [5, 5.41) is -0.273. The maximum Gasteiger partial charge on any atom is 0.222 e. The van der Waals surface area contributed by atoms with Gasteiger partial charge in [0.25, 0.3) is 0 Å². The van der Waals surface area contributed by atoms with Crippen molar-refractivity contribution < 1.29 is 13.2 Å². The predicted octanol–water partition coefficient (Wildman–Crippen LogP) is -0.272. The molecule has 1 unspecified atom stereocenters. The number of hydrogen-bond acceptors (Lipinski definition) is 4. The van der Waals surface area contributed by atoms with E-state index in [4.69, 9.17) is 0 Å². The molecular formula is C11H20N2O3S. The van der Waals surface area contributed by atoms with Crippen LogP contribution >= 0.6 is 0 Å². The van der Waals surface area contributed by atoms with Crippen molar-refractivity contribution in [1.29, 1.82) is 0 Å². The smallest absolute Gasteiger partial charge is 0.222 e. The number of carbonyl (C=O) groups excluding carboxylic acids is 1. The van der Waals surface area contributed by atoms with Crippen molar-refractivity contribution in [2.24, 2.45) is 0 Å². The van der Waals surface area contributed by atoms with Gasteiger partial charge in [0.1, 0.15) is 0 Å². The third-order valence-corrected chi connectivity index (χ3v) is 5.80. The van der Waals surface area contributed by atoms with Gasteiger partial charge >= 0.3 is 0 Å². The number of rotatable bonds is 3. The Morgan fingerprint density at radius 3 is 2.65 bits per heavy atom. The molecule has 6 heteroatoms. The lowest BCUT2D eigenvalue weighted by atomic mass is 10.3. The molecule has 0 aromatic rings. The average molecular weight is 260 g/mol. The van der Waals surface area contributed by atoms with Crippen molar-refractivity contribution >= 4 is 15.7 Å². The molecule has 2 fully saturated rings. The van der Waals surface area contributed by atoms with E-state index in [9.17, 15) is 13.2 Å². The zero-order chi connectivity index (χ0) is 12.5. The van der Waals surface area contributed by atoms with Gasteiger partial charge in [-0.15, -0.1) is 0 Å². The zero-order valence-corrected chi connectivity index (χ0v) is 11.1. The molecular weight excluding hydrogens is 240 g/mol. The Morgan fingerprint density at radius 2 is 2.06 bits per heavy atom. The fourth-order valence-corrected chi connectivity index (χ4v) is 3.78. The van der Waals surface area contributed by atoms with Crippen LogP contribution in [0.5, 0.6) is 0 Å². The second kappa shape index (κ2) is 4.94. The summed E-state index contributed by atoms with van der Waals surface area (Å²) in [5.41, 5.74) is 0. The Balaban J connectivity index is 1.79. The minimum atomic E-state index is -2.86. The first-order valence-corrected chi connectivity index (χ1v) is 7.92. The largest absolute Gasteiger partial charge is 0.341 e. The normalized spacial score (nSPS) is 29.8. The van der Waals surface area contributed by atoms with Crippen LogP contribution in [-0.4, -0.2) is 67.9 Å². The summed E-state index contributed by atoms with van der Waals surface area (Å²) in [6, 6.07) is 0. The highest BCUT2D eigenvalue weighted by molar-refractivity contribution is 7.92. The highest BCUT2D eigenvalue weighted by Crippen LogP contribution is 2.13. The molecule has 0 aromatic carbocycles. The second-order valence-corrected chi connectivity index (χ2v) is 7.50. The average Bonchev–Trinajstić information content (AvgIpc) is 2.66. The topological polar surface area (TPSA) is 57.7 Å². The summed E-state index contributed by atoms with van der Waals surface area (Å²) in [7, 11) is -2.86. The molecule has 0 bridgehead atoms. The van der Waals surface area contributed by atoms with Crippen molar-refractivity contribution in [3.05, 3.63) is 0 Å². The minimum Gasteiger partial charge on any atom is -0.341 e. The third-order valence-electron chi connectivity index (χ3n) is 3.68. The van der Waals surface area contributed by atoms with E-state index in [0.717, 1.165) is 26.1 Å². The molecule has 1 amide bonds. The fraction of sp³-hybridized carbons (Fsp3) is 0.909. The number of likely N-dealkylation sites (tertiary alicyclic amines) is 1. The lowest BCUT2D eigenvalue weighted by Crippen LogP contribution is -2.48. The Bertz CT molecular complexity index is 394. The van der Waals surface area contributed by atoms with Crippen molar-refractivity contribution in [3.63, 3.8) is 0 Å². The van der Waals surface area contributed by atoms with Crippen molar-refractivity contribution in [2.45, 2.75) is 25.0 Å². The van der Waals surface area contributed by atoms with Crippen molar-refractivity contribution in [3.8, 4) is 0 Å². The lowest BCUT2D eigenvalue weighted by molar-refractivity contribution is -0.127. The summed E-state index contributed by atoms with van der Waals surface area (Å²) >= 11 is 0. The van der Waals surface area contributed by atoms with Gasteiger partial charge in [0.15, 0.2) is 9.84 Å². The van der Waals surface area contributed by atoms with Gasteiger partial charge in [0, 0.05) is 39.1 Å². The lowest BCUT2D eigenvalue weighted by Gasteiger charge is -2.31. The van der Waals surface area contributed by atoms with E-state index in [1.165, 1.54) is 0 Å². The standard InChI is InChI=1S/C11H20N2O3S/c1-10-9-12(7-8-17(10,15)16)5-6-13-4-2-3-11(13)14/h10H,2-9H2,1H3. The van der Waals surface area contributed by atoms with Gasteiger partial charge in [0.05, 0.1) is 11.0 Å². The first-order chi connectivity index (χ1) is 7.99. The molecule has 98 valence electrons. The molecule has 2 aliphatic heterocycles. The van der Waals surface area contributed by atoms with Crippen LogP contribution in [0.3, 0.4) is 0 Å². The van der Waals surface area contributed by atoms with E-state index in [1.54, 1.807) is 6.92 Å². The second-order valence-electron chi connectivity index (χ2n) is 4.96. The summed E-state index contributed by atoms with van der Waals surface area (Å²) in [6.45, 7) is 5.37. The zero-order valence-electron chi connectivity index (χ0n) is 10.3. The predicted molar refractivity (Wildman–Crippen MR) is 65.5 cm³/mol. The van der Waals surface area contributed by atoms with Gasteiger partial charge in [-0.3, -0.25) is 9.69 Å². The number of hydrogen-bond donors (Lipinski definition) is 0. The van der Waals surface area contributed by atoms with E-state index >= 15 is 0 Å². The highest BCUT2D eigenvalue weighted by Gasteiger charge is 2.29. The summed E-state index contributed by atoms with van der Waals surface area (Å²) in [6.07, 6.45) is 1.63. The van der Waals surface area contributed by atoms with Crippen molar-refractivity contribution in [1.82, 2.24) is 9.80 Å². The van der Waals surface area contributed by atoms with Crippen LogP contribution in [0.4, 0.5) is 0 Å². The molecule has 0 saturated carbocycles. The first-order valence-electron chi connectivity index (χ1n) is 6.21. The van der Waals surface area contributed by atoms with Gasteiger partial charge in [-0.2, -0.15) is 0 Å². The number of nitrogens with zero attached hydrogens (tertiary/aromatic N) is 2.